The number of rotatable bonds is 4. The summed E-state index contributed by atoms with van der Waals surface area (Å²) in [6.07, 6.45) is 0. The maximum absolute atomic E-state index is 6.10. The van der Waals surface area contributed by atoms with Crippen LogP contribution in [0.3, 0.4) is 0 Å². The van der Waals surface area contributed by atoms with E-state index in [1.165, 1.54) is 0 Å². The van der Waals surface area contributed by atoms with E-state index in [1.807, 2.05) is 50.2 Å². The van der Waals surface area contributed by atoms with Gasteiger partial charge >= 0.3 is 0 Å². The largest absolute Gasteiger partial charge is 0.492 e. The molecule has 0 aliphatic carbocycles. The van der Waals surface area contributed by atoms with Crippen molar-refractivity contribution >= 4 is 28.7 Å². The molecule has 2 rings (SSSR count). The lowest BCUT2D eigenvalue weighted by Gasteiger charge is -2.11. The molecule has 0 aliphatic rings. The van der Waals surface area contributed by atoms with Crippen molar-refractivity contribution in [1.82, 2.24) is 0 Å². The molecule has 0 spiro atoms. The summed E-state index contributed by atoms with van der Waals surface area (Å²) in [5.74, 6) is 0.686. The van der Waals surface area contributed by atoms with E-state index in [9.17, 15) is 0 Å². The molecule has 0 unspecified atom stereocenters. The van der Waals surface area contributed by atoms with Crippen LogP contribution in [-0.4, -0.2) is 6.61 Å². The minimum atomic E-state index is 0.587. The third-order valence-electron chi connectivity index (χ3n) is 2.77. The molecule has 0 fully saturated rings. The standard InChI is InChI=1S/C15H17ClN2O/c1-3-19-15-9-12(6-7-14(15)17)18-11-5-4-10(2)13(16)8-11/h4-9,18H,3,17H2,1-2H3. The third-order valence-corrected chi connectivity index (χ3v) is 3.18. The second kappa shape index (κ2) is 5.85. The summed E-state index contributed by atoms with van der Waals surface area (Å²) < 4.78 is 5.47. The highest BCUT2D eigenvalue weighted by molar-refractivity contribution is 6.31. The van der Waals surface area contributed by atoms with Gasteiger partial charge in [0, 0.05) is 22.5 Å². The number of ether oxygens (including phenoxy) is 1. The molecule has 19 heavy (non-hydrogen) atoms. The number of hydrogen-bond acceptors (Lipinski definition) is 3. The van der Waals surface area contributed by atoms with Crippen LogP contribution in [0, 0.1) is 6.92 Å². The zero-order valence-corrected chi connectivity index (χ0v) is 11.8. The maximum Gasteiger partial charge on any atom is 0.144 e. The fourth-order valence-electron chi connectivity index (χ4n) is 1.73. The fraction of sp³-hybridized carbons (Fsp3) is 0.200. The van der Waals surface area contributed by atoms with E-state index < -0.39 is 0 Å². The highest BCUT2D eigenvalue weighted by atomic mass is 35.5. The first-order chi connectivity index (χ1) is 9.10. The molecule has 0 aliphatic heterocycles. The van der Waals surface area contributed by atoms with Gasteiger partial charge in [0.25, 0.3) is 0 Å². The Hall–Kier alpha value is -1.87. The first-order valence-electron chi connectivity index (χ1n) is 6.15. The number of aryl methyl sites for hydroxylation is 1. The van der Waals surface area contributed by atoms with E-state index in [4.69, 9.17) is 22.1 Å². The second-order valence-electron chi connectivity index (χ2n) is 4.27. The number of halogens is 1. The van der Waals surface area contributed by atoms with Gasteiger partial charge in [-0.3, -0.25) is 0 Å². The first kappa shape index (κ1) is 13.6. The fourth-order valence-corrected chi connectivity index (χ4v) is 1.91. The van der Waals surface area contributed by atoms with Gasteiger partial charge in [-0.25, -0.2) is 0 Å². The molecule has 100 valence electrons. The zero-order valence-electron chi connectivity index (χ0n) is 11.0. The molecule has 3 N–H and O–H groups in total. The molecule has 0 aromatic heterocycles. The number of nitrogens with one attached hydrogen (secondary N) is 1. The first-order valence-corrected chi connectivity index (χ1v) is 6.53. The quantitative estimate of drug-likeness (QED) is 0.815. The van der Waals surface area contributed by atoms with E-state index in [1.54, 1.807) is 0 Å². The van der Waals surface area contributed by atoms with E-state index in [-0.39, 0.29) is 0 Å². The Kier molecular flexibility index (Phi) is 4.17. The van der Waals surface area contributed by atoms with E-state index in [2.05, 4.69) is 5.32 Å². The van der Waals surface area contributed by atoms with Crippen LogP contribution < -0.4 is 15.8 Å². The predicted octanol–water partition coefficient (Wildman–Crippen LogP) is 4.37. The summed E-state index contributed by atoms with van der Waals surface area (Å²) in [6.45, 7) is 4.49. The van der Waals surface area contributed by atoms with Crippen LogP contribution in [-0.2, 0) is 0 Å². The van der Waals surface area contributed by atoms with Crippen LogP contribution in [0.2, 0.25) is 5.02 Å². The minimum absolute atomic E-state index is 0.587. The smallest absolute Gasteiger partial charge is 0.144 e. The zero-order chi connectivity index (χ0) is 13.8. The van der Waals surface area contributed by atoms with Crippen molar-refractivity contribution in [2.24, 2.45) is 0 Å². The molecule has 0 heterocycles. The predicted molar refractivity (Wildman–Crippen MR) is 81.5 cm³/mol. The number of hydrogen-bond donors (Lipinski definition) is 2. The Morgan fingerprint density at radius 2 is 1.84 bits per heavy atom. The highest BCUT2D eigenvalue weighted by Crippen LogP contribution is 2.28. The lowest BCUT2D eigenvalue weighted by Crippen LogP contribution is -1.98. The van der Waals surface area contributed by atoms with Crippen molar-refractivity contribution in [3.8, 4) is 5.75 Å². The van der Waals surface area contributed by atoms with Crippen LogP contribution in [0.15, 0.2) is 36.4 Å². The Morgan fingerprint density at radius 3 is 2.53 bits per heavy atom. The summed E-state index contributed by atoms with van der Waals surface area (Å²) in [5, 5.41) is 4.02. The van der Waals surface area contributed by atoms with Crippen molar-refractivity contribution < 1.29 is 4.74 Å². The summed E-state index contributed by atoms with van der Waals surface area (Å²) in [6, 6.07) is 11.5. The van der Waals surface area contributed by atoms with Crippen molar-refractivity contribution in [3.63, 3.8) is 0 Å². The van der Waals surface area contributed by atoms with Gasteiger partial charge in [0.05, 0.1) is 12.3 Å². The molecule has 2 aromatic rings. The lowest BCUT2D eigenvalue weighted by molar-refractivity contribution is 0.342. The van der Waals surface area contributed by atoms with Gasteiger partial charge in [-0.05, 0) is 43.7 Å². The third kappa shape index (κ3) is 3.32. The van der Waals surface area contributed by atoms with E-state index in [0.29, 0.717) is 18.0 Å². The van der Waals surface area contributed by atoms with Crippen LogP contribution in [0.1, 0.15) is 12.5 Å². The second-order valence-corrected chi connectivity index (χ2v) is 4.68. The van der Waals surface area contributed by atoms with Crippen molar-refractivity contribution in [2.75, 3.05) is 17.7 Å². The summed E-state index contributed by atoms with van der Waals surface area (Å²) in [7, 11) is 0. The molecular weight excluding hydrogens is 260 g/mol. The Bertz CT molecular complexity index is 584. The van der Waals surface area contributed by atoms with Gasteiger partial charge in [0.1, 0.15) is 5.75 Å². The van der Waals surface area contributed by atoms with Gasteiger partial charge in [-0.1, -0.05) is 17.7 Å². The average molecular weight is 277 g/mol. The molecule has 4 heteroatoms. The summed E-state index contributed by atoms with van der Waals surface area (Å²) in [4.78, 5) is 0. The van der Waals surface area contributed by atoms with Crippen LogP contribution >= 0.6 is 11.6 Å². The van der Waals surface area contributed by atoms with Gasteiger partial charge in [-0.15, -0.1) is 0 Å². The van der Waals surface area contributed by atoms with Crippen LogP contribution in [0.25, 0.3) is 0 Å². The monoisotopic (exact) mass is 276 g/mol. The Morgan fingerprint density at radius 1 is 1.16 bits per heavy atom. The van der Waals surface area contributed by atoms with Crippen molar-refractivity contribution in [2.45, 2.75) is 13.8 Å². The number of nitrogen functional groups attached to an aromatic ring is 1. The molecular formula is C15H17ClN2O. The number of nitrogens with two attached hydrogens (primary N) is 1. The van der Waals surface area contributed by atoms with Gasteiger partial charge in [0.2, 0.25) is 0 Å². The van der Waals surface area contributed by atoms with Gasteiger partial charge in [0.15, 0.2) is 0 Å². The van der Waals surface area contributed by atoms with Gasteiger partial charge < -0.3 is 15.8 Å². The molecule has 2 aromatic carbocycles. The van der Waals surface area contributed by atoms with E-state index >= 15 is 0 Å². The molecule has 0 amide bonds. The summed E-state index contributed by atoms with van der Waals surface area (Å²) in [5.41, 5.74) is 9.38. The molecule has 0 bridgehead atoms. The number of anilines is 3. The summed E-state index contributed by atoms with van der Waals surface area (Å²) >= 11 is 6.10. The Labute approximate surface area is 118 Å². The topological polar surface area (TPSA) is 47.3 Å². The SMILES string of the molecule is CCOc1cc(Nc2ccc(C)c(Cl)c2)ccc1N. The molecule has 0 saturated carbocycles. The minimum Gasteiger partial charge on any atom is -0.492 e. The van der Waals surface area contributed by atoms with Crippen LogP contribution in [0.5, 0.6) is 5.75 Å². The highest BCUT2D eigenvalue weighted by Gasteiger charge is 2.03. The van der Waals surface area contributed by atoms with Gasteiger partial charge in [-0.2, -0.15) is 0 Å². The maximum atomic E-state index is 6.10. The number of benzene rings is 2. The Balaban J connectivity index is 2.22. The van der Waals surface area contributed by atoms with Crippen molar-refractivity contribution in [3.05, 3.63) is 47.0 Å². The van der Waals surface area contributed by atoms with Crippen molar-refractivity contribution in [1.29, 1.82) is 0 Å². The normalized spacial score (nSPS) is 10.3. The molecule has 0 radical (unpaired) electrons. The molecule has 0 atom stereocenters. The molecule has 0 saturated heterocycles. The van der Waals surface area contributed by atoms with E-state index in [0.717, 1.165) is 22.0 Å². The lowest BCUT2D eigenvalue weighted by atomic mass is 10.2. The molecule has 3 nitrogen and oxygen atoms in total. The average Bonchev–Trinajstić information content (AvgIpc) is 2.38. The van der Waals surface area contributed by atoms with Crippen LogP contribution in [0.4, 0.5) is 17.1 Å².